The van der Waals surface area contributed by atoms with E-state index in [0.29, 0.717) is 19.8 Å². The first-order valence-corrected chi connectivity index (χ1v) is 11.3. The maximum absolute atomic E-state index is 12.2. The van der Waals surface area contributed by atoms with Crippen molar-refractivity contribution < 1.29 is 9.53 Å². The Bertz CT molecular complexity index is 1060. The van der Waals surface area contributed by atoms with Crippen molar-refractivity contribution in [2.75, 3.05) is 58.2 Å². The Morgan fingerprint density at radius 1 is 1.06 bits per heavy atom. The summed E-state index contributed by atoms with van der Waals surface area (Å²) in [6, 6.07) is 2.06. The van der Waals surface area contributed by atoms with Crippen molar-refractivity contribution in [2.45, 2.75) is 20.0 Å². The molecule has 1 fully saturated rings. The van der Waals surface area contributed by atoms with Gasteiger partial charge in [-0.05, 0) is 18.6 Å². The maximum Gasteiger partial charge on any atom is 0.273 e. The molecule has 176 valence electrons. The molecular formula is C22H31N9O2. The molecule has 3 aromatic rings. The van der Waals surface area contributed by atoms with Crippen LogP contribution in [0.3, 0.4) is 0 Å². The second-order valence-electron chi connectivity index (χ2n) is 7.94. The van der Waals surface area contributed by atoms with Crippen molar-refractivity contribution in [3.05, 3.63) is 42.2 Å². The average Bonchev–Trinajstić information content (AvgIpc) is 3.25. The SMILES string of the molecule is CCOCCn1cnc2c(CN3CCN(CCNC(=O)c4nccnc4N)CC3)ccnc21. The molecule has 11 heteroatoms. The summed E-state index contributed by atoms with van der Waals surface area (Å²) in [4.78, 5) is 34.0. The molecule has 0 bridgehead atoms. The van der Waals surface area contributed by atoms with Crippen LogP contribution in [-0.4, -0.2) is 92.7 Å². The van der Waals surface area contributed by atoms with E-state index in [1.807, 2.05) is 19.4 Å². The number of pyridine rings is 1. The molecule has 0 unspecified atom stereocenters. The van der Waals surface area contributed by atoms with Crippen molar-refractivity contribution in [2.24, 2.45) is 0 Å². The lowest BCUT2D eigenvalue weighted by atomic mass is 10.2. The number of hydrogen-bond donors (Lipinski definition) is 2. The fourth-order valence-electron chi connectivity index (χ4n) is 3.96. The Kier molecular flexibility index (Phi) is 7.76. The van der Waals surface area contributed by atoms with Crippen LogP contribution in [0.2, 0.25) is 0 Å². The molecule has 0 saturated carbocycles. The van der Waals surface area contributed by atoms with Gasteiger partial charge in [-0.25, -0.2) is 19.9 Å². The number of ether oxygens (including phenoxy) is 1. The topological polar surface area (TPSA) is 127 Å². The molecule has 0 radical (unpaired) electrons. The van der Waals surface area contributed by atoms with Gasteiger partial charge in [0.05, 0.1) is 12.9 Å². The summed E-state index contributed by atoms with van der Waals surface area (Å²) in [7, 11) is 0. The highest BCUT2D eigenvalue weighted by Gasteiger charge is 2.19. The molecule has 0 atom stereocenters. The Balaban J connectivity index is 1.24. The molecule has 3 aromatic heterocycles. The van der Waals surface area contributed by atoms with Crippen LogP contribution in [0.25, 0.3) is 11.2 Å². The molecule has 1 aliphatic rings. The van der Waals surface area contributed by atoms with E-state index >= 15 is 0 Å². The minimum Gasteiger partial charge on any atom is -0.382 e. The summed E-state index contributed by atoms with van der Waals surface area (Å²) in [5.74, 6) is -0.144. The molecular weight excluding hydrogens is 422 g/mol. The minimum absolute atomic E-state index is 0.146. The number of anilines is 1. The standard InChI is InChI=1S/C22H31N9O2/c1-2-33-14-13-31-16-28-18-17(3-4-26-21(18)31)15-30-11-9-29(10-12-30)8-7-27-22(32)19-20(23)25-6-5-24-19/h3-6,16H,2,7-15H2,1H3,(H2,23,25)(H,27,32). The van der Waals surface area contributed by atoms with E-state index in [1.54, 1.807) is 0 Å². The van der Waals surface area contributed by atoms with Crippen LogP contribution in [0.1, 0.15) is 23.0 Å². The first-order chi connectivity index (χ1) is 16.2. The third-order valence-corrected chi connectivity index (χ3v) is 5.78. The first kappa shape index (κ1) is 23.0. The number of aromatic nitrogens is 5. The molecule has 0 spiro atoms. The van der Waals surface area contributed by atoms with Crippen LogP contribution in [0.4, 0.5) is 5.82 Å². The number of piperazine rings is 1. The summed E-state index contributed by atoms with van der Waals surface area (Å²) < 4.78 is 7.51. The second-order valence-corrected chi connectivity index (χ2v) is 7.94. The highest BCUT2D eigenvalue weighted by molar-refractivity contribution is 5.96. The van der Waals surface area contributed by atoms with E-state index in [9.17, 15) is 4.79 Å². The van der Waals surface area contributed by atoms with Gasteiger partial charge in [0.15, 0.2) is 17.2 Å². The minimum atomic E-state index is -0.290. The van der Waals surface area contributed by atoms with E-state index in [-0.39, 0.29) is 17.4 Å². The third kappa shape index (κ3) is 5.81. The Morgan fingerprint density at radius 3 is 2.64 bits per heavy atom. The zero-order chi connectivity index (χ0) is 23.0. The van der Waals surface area contributed by atoms with E-state index in [0.717, 1.165) is 57.0 Å². The molecule has 11 nitrogen and oxygen atoms in total. The van der Waals surface area contributed by atoms with Gasteiger partial charge in [-0.15, -0.1) is 0 Å². The predicted molar refractivity (Wildman–Crippen MR) is 125 cm³/mol. The van der Waals surface area contributed by atoms with E-state index in [1.165, 1.54) is 18.0 Å². The van der Waals surface area contributed by atoms with Gasteiger partial charge in [0, 0.05) is 77.6 Å². The molecule has 4 heterocycles. The van der Waals surface area contributed by atoms with Gasteiger partial charge in [-0.1, -0.05) is 0 Å². The summed E-state index contributed by atoms with van der Waals surface area (Å²) in [5, 5.41) is 2.88. The summed E-state index contributed by atoms with van der Waals surface area (Å²) in [6.45, 7) is 10.1. The number of hydrogen-bond acceptors (Lipinski definition) is 9. The summed E-state index contributed by atoms with van der Waals surface area (Å²) in [5.41, 5.74) is 8.94. The highest BCUT2D eigenvalue weighted by Crippen LogP contribution is 2.18. The summed E-state index contributed by atoms with van der Waals surface area (Å²) in [6.07, 6.45) is 6.64. The largest absolute Gasteiger partial charge is 0.382 e. The number of imidazole rings is 1. The molecule has 1 amide bonds. The molecule has 0 aliphatic carbocycles. The Labute approximate surface area is 193 Å². The normalized spacial score (nSPS) is 15.2. The number of fused-ring (bicyclic) bond motifs is 1. The van der Waals surface area contributed by atoms with Crippen molar-refractivity contribution in [1.82, 2.24) is 39.6 Å². The molecule has 3 N–H and O–H groups in total. The van der Waals surface area contributed by atoms with Crippen LogP contribution in [0, 0.1) is 0 Å². The van der Waals surface area contributed by atoms with Crippen molar-refractivity contribution >= 4 is 22.9 Å². The lowest BCUT2D eigenvalue weighted by Gasteiger charge is -2.34. The highest BCUT2D eigenvalue weighted by atomic mass is 16.5. The fraction of sp³-hybridized carbons (Fsp3) is 0.500. The smallest absolute Gasteiger partial charge is 0.273 e. The third-order valence-electron chi connectivity index (χ3n) is 5.78. The van der Waals surface area contributed by atoms with Crippen LogP contribution in [0.15, 0.2) is 31.0 Å². The van der Waals surface area contributed by atoms with Crippen LogP contribution in [0.5, 0.6) is 0 Å². The quantitative estimate of drug-likeness (QED) is 0.419. The fourth-order valence-corrected chi connectivity index (χ4v) is 3.96. The van der Waals surface area contributed by atoms with Crippen LogP contribution >= 0.6 is 0 Å². The number of rotatable bonds is 10. The number of carbonyl (C=O) groups is 1. The predicted octanol–water partition coefficient (Wildman–Crippen LogP) is 0.388. The number of nitrogen functional groups attached to an aromatic ring is 1. The maximum atomic E-state index is 12.2. The number of nitrogens with one attached hydrogen (secondary N) is 1. The Morgan fingerprint density at radius 2 is 1.85 bits per heavy atom. The average molecular weight is 454 g/mol. The van der Waals surface area contributed by atoms with Gasteiger partial charge in [0.25, 0.3) is 5.91 Å². The number of nitrogens with two attached hydrogens (primary N) is 1. The number of nitrogens with zero attached hydrogens (tertiary/aromatic N) is 7. The van der Waals surface area contributed by atoms with Gasteiger partial charge in [0.2, 0.25) is 0 Å². The lowest BCUT2D eigenvalue weighted by molar-refractivity contribution is 0.0930. The van der Waals surface area contributed by atoms with Gasteiger partial charge in [-0.2, -0.15) is 0 Å². The zero-order valence-electron chi connectivity index (χ0n) is 19.0. The van der Waals surface area contributed by atoms with Crippen molar-refractivity contribution in [1.29, 1.82) is 0 Å². The van der Waals surface area contributed by atoms with E-state index in [2.05, 4.69) is 45.7 Å². The van der Waals surface area contributed by atoms with Crippen LogP contribution < -0.4 is 11.1 Å². The molecule has 1 saturated heterocycles. The molecule has 33 heavy (non-hydrogen) atoms. The summed E-state index contributed by atoms with van der Waals surface area (Å²) >= 11 is 0. The van der Waals surface area contributed by atoms with Crippen molar-refractivity contribution in [3.63, 3.8) is 0 Å². The molecule has 4 rings (SSSR count). The second kappa shape index (κ2) is 11.1. The van der Waals surface area contributed by atoms with Crippen LogP contribution in [-0.2, 0) is 17.8 Å². The monoisotopic (exact) mass is 453 g/mol. The van der Waals surface area contributed by atoms with Gasteiger partial charge >= 0.3 is 0 Å². The molecule has 1 aliphatic heterocycles. The van der Waals surface area contributed by atoms with Gasteiger partial charge in [-0.3, -0.25) is 14.6 Å². The van der Waals surface area contributed by atoms with Gasteiger partial charge in [0.1, 0.15) is 5.52 Å². The number of amides is 1. The van der Waals surface area contributed by atoms with E-state index in [4.69, 9.17) is 10.5 Å². The lowest BCUT2D eigenvalue weighted by Crippen LogP contribution is -2.48. The Hall–Kier alpha value is -3.15. The van der Waals surface area contributed by atoms with Crippen molar-refractivity contribution in [3.8, 4) is 0 Å². The van der Waals surface area contributed by atoms with Gasteiger partial charge < -0.3 is 20.4 Å². The van der Waals surface area contributed by atoms with E-state index < -0.39 is 0 Å². The first-order valence-electron chi connectivity index (χ1n) is 11.3. The number of carbonyl (C=O) groups excluding carboxylic acids is 1. The zero-order valence-corrected chi connectivity index (χ0v) is 19.0. The molecule has 0 aromatic carbocycles.